The Balaban J connectivity index is 1.03. The molecule has 0 unspecified atom stereocenters. The molecule has 0 fully saturated rings. The van der Waals surface area contributed by atoms with Gasteiger partial charge in [0.25, 0.3) is 11.8 Å². The Morgan fingerprint density at radius 3 is 1.54 bits per heavy atom. The number of hydrogen-bond acceptors (Lipinski definition) is 14. The molecule has 82 heavy (non-hydrogen) atoms. The molecule has 0 saturated carbocycles. The Hall–Kier alpha value is -5.61. The fourth-order valence-electron chi connectivity index (χ4n) is 9.63. The van der Waals surface area contributed by atoms with E-state index in [1.165, 1.54) is 42.2 Å². The first-order valence-corrected chi connectivity index (χ1v) is 31.2. The number of fused-ring (bicyclic) bond motifs is 4. The van der Waals surface area contributed by atoms with Crippen LogP contribution >= 0.6 is 69.6 Å². The number of hydrogen-bond donors (Lipinski definition) is 1. The molecule has 0 aliphatic carbocycles. The van der Waals surface area contributed by atoms with Gasteiger partial charge in [-0.2, -0.15) is 0 Å². The summed E-state index contributed by atoms with van der Waals surface area (Å²) in [6, 6.07) is 18.4. The summed E-state index contributed by atoms with van der Waals surface area (Å²) in [5, 5.41) is 11.7. The van der Waals surface area contributed by atoms with Gasteiger partial charge in [-0.3, -0.25) is 14.4 Å². The molecule has 4 atom stereocenters. The van der Waals surface area contributed by atoms with Crippen molar-refractivity contribution in [3.63, 3.8) is 0 Å². The number of aliphatic hydroxyl groups excluding tert-OH is 1. The summed E-state index contributed by atoms with van der Waals surface area (Å²) in [7, 11) is 1.61. The Kier molecular flexibility index (Phi) is 19.3. The second-order valence-corrected chi connectivity index (χ2v) is 31.1. The summed E-state index contributed by atoms with van der Waals surface area (Å²) < 4.78 is 43.7. The van der Waals surface area contributed by atoms with E-state index in [0.29, 0.717) is 30.6 Å². The third-order valence-electron chi connectivity index (χ3n) is 14.9. The summed E-state index contributed by atoms with van der Waals surface area (Å²) in [5.74, 6) is 0.401. The van der Waals surface area contributed by atoms with Gasteiger partial charge in [-0.1, -0.05) is 127 Å². The van der Waals surface area contributed by atoms with Crippen LogP contribution in [0.1, 0.15) is 95.1 Å². The molecule has 4 aliphatic heterocycles. The van der Waals surface area contributed by atoms with Crippen LogP contribution in [0.15, 0.2) is 85.2 Å². The van der Waals surface area contributed by atoms with Crippen LogP contribution in [0.3, 0.4) is 0 Å². The second kappa shape index (κ2) is 25.3. The highest BCUT2D eigenvalue weighted by molar-refractivity contribution is 6.74. The monoisotopic (exact) mass is 1260 g/mol. The zero-order valence-electron chi connectivity index (χ0n) is 46.1. The number of aliphatic hydroxyl groups is 1. The number of aldehydes is 1. The maximum absolute atomic E-state index is 15.0. The topological polar surface area (TPSA) is 192 Å². The average molecular weight is 1270 g/mol. The fraction of sp³-hybridized carbons (Fsp3) is 0.421. The van der Waals surface area contributed by atoms with Crippen LogP contribution in [0.2, 0.25) is 18.1 Å². The van der Waals surface area contributed by atoms with E-state index in [9.17, 15) is 29.1 Å². The number of benzene rings is 4. The van der Waals surface area contributed by atoms with Gasteiger partial charge in [0.1, 0.15) is 25.2 Å². The molecular weight excluding hydrogens is 1210 g/mol. The van der Waals surface area contributed by atoms with Crippen molar-refractivity contribution in [1.82, 2.24) is 9.80 Å². The standard InChI is InChI=1S/C57H62Cl6N4O14Si/c1-55(2,3)82(7,8)81-52-44-23-37(34-14-12-33(30-68)13-15-34)29-65(44)50(70)40-25-46(76-6)48(27-42(40)67(52)54(73)80-32-57(61,62)63)78-21-11-9-10-20-77-47-26-41-39(24-45(47)75-5)49(69)64-28-36(35-16-18-38(74-4)19-17-35)22-43(64)51(71)66(41)53(72)79-31-56(58,59)60/h12-19,24-30,43-44,51-52,71H,9-11,20-23,31-32H2,1-8H3/t43-,44-,51-,52-/m0/s1. The molecule has 0 radical (unpaired) electrons. The van der Waals surface area contributed by atoms with Crippen molar-refractivity contribution in [1.29, 1.82) is 0 Å². The van der Waals surface area contributed by atoms with E-state index in [0.717, 1.165) is 33.5 Å². The average Bonchev–Trinajstić information content (AvgIpc) is 3.09. The first kappa shape index (κ1) is 62.4. The van der Waals surface area contributed by atoms with Gasteiger partial charge in [-0.25, -0.2) is 19.4 Å². The number of carbonyl (C=O) groups is 5. The minimum absolute atomic E-state index is 0.00487. The van der Waals surface area contributed by atoms with Gasteiger partial charge >= 0.3 is 12.2 Å². The number of methoxy groups -OCH3 is 3. The molecule has 25 heteroatoms. The van der Waals surface area contributed by atoms with Crippen LogP contribution in [0, 0.1) is 0 Å². The molecule has 18 nitrogen and oxygen atoms in total. The van der Waals surface area contributed by atoms with Gasteiger partial charge in [0.2, 0.25) is 7.59 Å². The normalized spacial score (nSPS) is 19.0. The molecule has 4 heterocycles. The number of ether oxygens (including phenoxy) is 7. The Bertz CT molecular complexity index is 3130. The van der Waals surface area contributed by atoms with Gasteiger partial charge in [-0.05, 0) is 96.8 Å². The number of anilines is 2. The van der Waals surface area contributed by atoms with Gasteiger partial charge in [-0.15, -0.1) is 0 Å². The number of unbranched alkanes of at least 4 members (excludes halogenated alkanes) is 2. The maximum Gasteiger partial charge on any atom is 0.416 e. The van der Waals surface area contributed by atoms with Crippen molar-refractivity contribution in [3.8, 4) is 28.7 Å². The summed E-state index contributed by atoms with van der Waals surface area (Å²) in [5.41, 5.74) is 3.70. The molecule has 0 saturated heterocycles. The van der Waals surface area contributed by atoms with Crippen molar-refractivity contribution < 1.29 is 66.7 Å². The summed E-state index contributed by atoms with van der Waals surface area (Å²) in [4.78, 5) is 74.7. The minimum atomic E-state index is -2.79. The van der Waals surface area contributed by atoms with Crippen molar-refractivity contribution >= 4 is 131 Å². The van der Waals surface area contributed by atoms with Crippen LogP contribution in [0.5, 0.6) is 28.7 Å². The summed E-state index contributed by atoms with van der Waals surface area (Å²) >= 11 is 36.2. The van der Waals surface area contributed by atoms with Crippen LogP contribution in [0.4, 0.5) is 21.0 Å². The van der Waals surface area contributed by atoms with E-state index in [2.05, 4.69) is 20.8 Å². The zero-order chi connectivity index (χ0) is 59.6. The number of halogens is 6. The van der Waals surface area contributed by atoms with Crippen LogP contribution in [-0.4, -0.2) is 133 Å². The molecule has 4 aromatic rings. The molecular formula is C57H62Cl6N4O14Si. The lowest BCUT2D eigenvalue weighted by Crippen LogP contribution is -2.58. The largest absolute Gasteiger partial charge is 0.497 e. The smallest absolute Gasteiger partial charge is 0.416 e. The summed E-state index contributed by atoms with van der Waals surface area (Å²) in [6.07, 6.45) is 1.30. The van der Waals surface area contributed by atoms with E-state index < -0.39 is 77.7 Å². The van der Waals surface area contributed by atoms with Crippen LogP contribution in [-0.2, 0) is 13.9 Å². The van der Waals surface area contributed by atoms with E-state index in [4.69, 9.17) is 107 Å². The lowest BCUT2D eigenvalue weighted by atomic mass is 10.0. The van der Waals surface area contributed by atoms with Crippen molar-refractivity contribution in [3.05, 3.63) is 113 Å². The number of nitrogens with zero attached hydrogens (tertiary/aromatic N) is 4. The van der Waals surface area contributed by atoms with Gasteiger partial charge in [0.05, 0.1) is 69.1 Å². The van der Waals surface area contributed by atoms with Crippen molar-refractivity contribution in [2.45, 2.75) is 103 Å². The third-order valence-corrected chi connectivity index (χ3v) is 20.0. The molecule has 1 N–H and O–H groups in total. The second-order valence-electron chi connectivity index (χ2n) is 21.3. The Morgan fingerprint density at radius 2 is 1.09 bits per heavy atom. The van der Waals surface area contributed by atoms with Crippen molar-refractivity contribution in [2.75, 3.05) is 57.6 Å². The van der Waals surface area contributed by atoms with E-state index >= 15 is 0 Å². The molecule has 0 bridgehead atoms. The third kappa shape index (κ3) is 13.8. The van der Waals surface area contributed by atoms with Crippen LogP contribution in [0.25, 0.3) is 11.1 Å². The molecule has 4 amide bonds. The van der Waals surface area contributed by atoms with E-state index in [1.54, 1.807) is 66.9 Å². The molecule has 4 aliphatic rings. The fourth-order valence-corrected chi connectivity index (χ4v) is 11.2. The predicted octanol–water partition coefficient (Wildman–Crippen LogP) is 13.0. The van der Waals surface area contributed by atoms with Gasteiger partial charge in [0.15, 0.2) is 43.8 Å². The molecule has 4 aromatic carbocycles. The zero-order valence-corrected chi connectivity index (χ0v) is 51.7. The van der Waals surface area contributed by atoms with E-state index in [1.807, 2.05) is 25.2 Å². The van der Waals surface area contributed by atoms with Crippen LogP contribution < -0.4 is 33.5 Å². The summed E-state index contributed by atoms with van der Waals surface area (Å²) in [6.45, 7) is 9.24. The molecule has 8 rings (SSSR count). The lowest BCUT2D eigenvalue weighted by Gasteiger charge is -2.44. The highest BCUT2D eigenvalue weighted by Gasteiger charge is 2.52. The molecule has 0 spiro atoms. The number of alkyl halides is 6. The number of carbonyl (C=O) groups excluding carboxylic acids is 5. The molecule has 0 aromatic heterocycles. The first-order chi connectivity index (χ1) is 38.7. The highest BCUT2D eigenvalue weighted by Crippen LogP contribution is 2.48. The maximum atomic E-state index is 15.0. The van der Waals surface area contributed by atoms with Crippen molar-refractivity contribution in [2.24, 2.45) is 0 Å². The SMILES string of the molecule is COc1ccc(C2=CN3C(=O)c4cc(OC)c(OCCCCCOc5cc6c(cc5OC)C(=O)N5C=C(c7ccc(C=O)cc7)C[C@H]5[C@H](O[Si](C)(C)C(C)(C)C)N6C(=O)OCC(Cl)(Cl)Cl)cc4N(C(=O)OCC(Cl)(Cl)Cl)[C@@H](O)[C@@H]3C2)cc1. The Labute approximate surface area is 506 Å². The number of amides is 4. The predicted molar refractivity (Wildman–Crippen MR) is 317 cm³/mol. The Morgan fingerprint density at radius 1 is 0.634 bits per heavy atom. The van der Waals surface area contributed by atoms with Gasteiger partial charge in [0, 0.05) is 30.1 Å². The number of rotatable bonds is 18. The minimum Gasteiger partial charge on any atom is -0.497 e. The lowest BCUT2D eigenvalue weighted by molar-refractivity contribution is 0.0553. The first-order valence-electron chi connectivity index (χ1n) is 26.0. The van der Waals surface area contributed by atoms with E-state index in [-0.39, 0.29) is 76.6 Å². The van der Waals surface area contributed by atoms with Gasteiger partial charge < -0.3 is 52.5 Å². The molecule has 440 valence electrons. The highest BCUT2D eigenvalue weighted by atomic mass is 35.6. The quantitative estimate of drug-likeness (QED) is 0.0428.